The summed E-state index contributed by atoms with van der Waals surface area (Å²) in [5.41, 5.74) is 1.07. The van der Waals surface area contributed by atoms with Crippen LogP contribution in [-0.4, -0.2) is 23.0 Å². The highest BCUT2D eigenvalue weighted by Crippen LogP contribution is 2.28. The van der Waals surface area contributed by atoms with Gasteiger partial charge in [-0.1, -0.05) is 34.2 Å². The molecule has 0 amide bonds. The molecular formula is C12H15BrN2S2. The Bertz CT molecular complexity index is 498. The van der Waals surface area contributed by atoms with Crippen molar-refractivity contribution in [3.05, 3.63) is 22.7 Å². The summed E-state index contributed by atoms with van der Waals surface area (Å²) in [7, 11) is 0. The smallest absolute Gasteiger partial charge is 0.183 e. The molecule has 2 rings (SSSR count). The number of hydrogen-bond donors (Lipinski definition) is 1. The van der Waals surface area contributed by atoms with E-state index in [1.54, 1.807) is 11.3 Å². The van der Waals surface area contributed by atoms with Gasteiger partial charge in [0.05, 0.1) is 10.2 Å². The van der Waals surface area contributed by atoms with Gasteiger partial charge in [-0.25, -0.2) is 4.98 Å². The molecule has 5 heteroatoms. The Hall–Kier alpha value is -0.260. The molecule has 1 N–H and O–H groups in total. The molecule has 92 valence electrons. The van der Waals surface area contributed by atoms with E-state index in [1.807, 2.05) is 23.9 Å². The van der Waals surface area contributed by atoms with Crippen molar-refractivity contribution in [3.8, 4) is 0 Å². The summed E-state index contributed by atoms with van der Waals surface area (Å²) < 4.78 is 2.33. The van der Waals surface area contributed by atoms with Crippen LogP contribution >= 0.6 is 39.0 Å². The van der Waals surface area contributed by atoms with E-state index in [1.165, 1.54) is 11.1 Å². The van der Waals surface area contributed by atoms with Crippen molar-refractivity contribution in [2.24, 2.45) is 0 Å². The Morgan fingerprint density at radius 3 is 3.12 bits per heavy atom. The number of rotatable bonds is 5. The van der Waals surface area contributed by atoms with Gasteiger partial charge in [0, 0.05) is 16.3 Å². The van der Waals surface area contributed by atoms with Crippen molar-refractivity contribution in [1.82, 2.24) is 4.98 Å². The topological polar surface area (TPSA) is 24.9 Å². The molecule has 0 aliphatic heterocycles. The molecule has 0 saturated heterocycles. The molecule has 17 heavy (non-hydrogen) atoms. The fourth-order valence-corrected chi connectivity index (χ4v) is 3.27. The Kier molecular flexibility index (Phi) is 4.70. The molecule has 1 atom stereocenters. The van der Waals surface area contributed by atoms with Gasteiger partial charge in [-0.3, -0.25) is 0 Å². The minimum atomic E-state index is 0.700. The van der Waals surface area contributed by atoms with Crippen LogP contribution in [0.15, 0.2) is 22.7 Å². The van der Waals surface area contributed by atoms with Gasteiger partial charge in [0.15, 0.2) is 5.13 Å². The van der Waals surface area contributed by atoms with Gasteiger partial charge in [0.1, 0.15) is 0 Å². The molecular weight excluding hydrogens is 316 g/mol. The highest BCUT2D eigenvalue weighted by atomic mass is 79.9. The van der Waals surface area contributed by atoms with Gasteiger partial charge >= 0.3 is 0 Å². The summed E-state index contributed by atoms with van der Waals surface area (Å²) in [5, 5.41) is 5.12. The van der Waals surface area contributed by atoms with Crippen molar-refractivity contribution >= 4 is 54.4 Å². The Balaban J connectivity index is 1.99. The summed E-state index contributed by atoms with van der Waals surface area (Å²) >= 11 is 7.09. The van der Waals surface area contributed by atoms with Crippen LogP contribution in [-0.2, 0) is 0 Å². The lowest BCUT2D eigenvalue weighted by Gasteiger charge is -2.07. The predicted molar refractivity (Wildman–Crippen MR) is 83.4 cm³/mol. The summed E-state index contributed by atoms with van der Waals surface area (Å²) in [5.74, 6) is 0. The van der Waals surface area contributed by atoms with Gasteiger partial charge in [-0.05, 0) is 30.9 Å². The highest BCUT2D eigenvalue weighted by molar-refractivity contribution is 9.10. The SMILES string of the molecule is CSC(C)CCNc1nc2ccc(Br)cc2s1. The number of benzene rings is 1. The zero-order chi connectivity index (χ0) is 12.3. The van der Waals surface area contributed by atoms with E-state index in [0.29, 0.717) is 5.25 Å². The molecule has 0 aliphatic rings. The van der Waals surface area contributed by atoms with Crippen LogP contribution in [0.1, 0.15) is 13.3 Å². The number of nitrogens with one attached hydrogen (secondary N) is 1. The average Bonchev–Trinajstić information content (AvgIpc) is 2.70. The van der Waals surface area contributed by atoms with E-state index in [2.05, 4.69) is 45.5 Å². The van der Waals surface area contributed by atoms with Crippen LogP contribution in [0.25, 0.3) is 10.2 Å². The van der Waals surface area contributed by atoms with Crippen LogP contribution in [0.4, 0.5) is 5.13 Å². The molecule has 2 nitrogen and oxygen atoms in total. The first kappa shape index (κ1) is 13.2. The van der Waals surface area contributed by atoms with Crippen molar-refractivity contribution in [2.45, 2.75) is 18.6 Å². The number of hydrogen-bond acceptors (Lipinski definition) is 4. The molecule has 2 aromatic rings. The zero-order valence-corrected chi connectivity index (χ0v) is 13.1. The normalized spacial score (nSPS) is 12.9. The van der Waals surface area contributed by atoms with Gasteiger partial charge < -0.3 is 5.32 Å². The molecule has 1 heterocycles. The van der Waals surface area contributed by atoms with E-state index in [9.17, 15) is 0 Å². The third-order valence-corrected chi connectivity index (χ3v) is 5.09. The molecule has 0 radical (unpaired) electrons. The van der Waals surface area contributed by atoms with Crippen LogP contribution in [0.2, 0.25) is 0 Å². The monoisotopic (exact) mass is 330 g/mol. The second kappa shape index (κ2) is 6.07. The number of nitrogens with zero attached hydrogens (tertiary/aromatic N) is 1. The van der Waals surface area contributed by atoms with Gasteiger partial charge in [-0.15, -0.1) is 0 Å². The molecule has 0 aliphatic carbocycles. The molecule has 0 saturated carbocycles. The maximum absolute atomic E-state index is 4.56. The van der Waals surface area contributed by atoms with Crippen LogP contribution in [0, 0.1) is 0 Å². The largest absolute Gasteiger partial charge is 0.361 e. The number of fused-ring (bicyclic) bond motifs is 1. The summed E-state index contributed by atoms with van der Waals surface area (Å²) in [6.07, 6.45) is 3.32. The summed E-state index contributed by atoms with van der Waals surface area (Å²) in [6.45, 7) is 3.24. The van der Waals surface area contributed by atoms with Gasteiger partial charge in [0.2, 0.25) is 0 Å². The molecule has 1 aromatic heterocycles. The van der Waals surface area contributed by atoms with Crippen molar-refractivity contribution in [1.29, 1.82) is 0 Å². The molecule has 0 fully saturated rings. The quantitative estimate of drug-likeness (QED) is 0.866. The number of halogens is 1. The van der Waals surface area contributed by atoms with E-state index in [4.69, 9.17) is 0 Å². The first-order valence-electron chi connectivity index (χ1n) is 5.52. The minimum Gasteiger partial charge on any atom is -0.361 e. The molecule has 0 bridgehead atoms. The lowest BCUT2D eigenvalue weighted by molar-refractivity contribution is 0.853. The Morgan fingerprint density at radius 2 is 2.35 bits per heavy atom. The van der Waals surface area contributed by atoms with Gasteiger partial charge in [0.25, 0.3) is 0 Å². The molecule has 1 aromatic carbocycles. The highest BCUT2D eigenvalue weighted by Gasteiger charge is 2.04. The van der Waals surface area contributed by atoms with E-state index in [-0.39, 0.29) is 0 Å². The maximum Gasteiger partial charge on any atom is 0.183 e. The maximum atomic E-state index is 4.56. The molecule has 1 unspecified atom stereocenters. The molecule has 0 spiro atoms. The Morgan fingerprint density at radius 1 is 1.53 bits per heavy atom. The van der Waals surface area contributed by atoms with Crippen LogP contribution in [0.5, 0.6) is 0 Å². The number of thiazole rings is 1. The minimum absolute atomic E-state index is 0.700. The van der Waals surface area contributed by atoms with E-state index >= 15 is 0 Å². The van der Waals surface area contributed by atoms with Crippen molar-refractivity contribution in [2.75, 3.05) is 18.1 Å². The Labute approximate surface area is 118 Å². The fraction of sp³-hybridized carbons (Fsp3) is 0.417. The van der Waals surface area contributed by atoms with E-state index < -0.39 is 0 Å². The van der Waals surface area contributed by atoms with Crippen LogP contribution < -0.4 is 5.32 Å². The number of aromatic nitrogens is 1. The third kappa shape index (κ3) is 3.60. The first-order chi connectivity index (χ1) is 8.19. The number of thioether (sulfide) groups is 1. The second-order valence-corrected chi connectivity index (χ2v) is 7.12. The standard InChI is InChI=1S/C12H15BrN2S2/c1-8(16-2)5-6-14-12-15-10-4-3-9(13)7-11(10)17-12/h3-4,7-8H,5-6H2,1-2H3,(H,14,15). The third-order valence-electron chi connectivity index (χ3n) is 2.58. The fourth-order valence-electron chi connectivity index (χ4n) is 1.47. The second-order valence-electron chi connectivity index (χ2n) is 3.89. The summed E-state index contributed by atoms with van der Waals surface area (Å²) in [4.78, 5) is 4.56. The first-order valence-corrected chi connectivity index (χ1v) is 8.41. The lowest BCUT2D eigenvalue weighted by atomic mass is 10.3. The lowest BCUT2D eigenvalue weighted by Crippen LogP contribution is -2.07. The predicted octanol–water partition coefficient (Wildman–Crippen LogP) is 4.61. The average molecular weight is 331 g/mol. The van der Waals surface area contributed by atoms with Crippen molar-refractivity contribution in [3.63, 3.8) is 0 Å². The van der Waals surface area contributed by atoms with Crippen LogP contribution in [0.3, 0.4) is 0 Å². The van der Waals surface area contributed by atoms with Gasteiger partial charge in [-0.2, -0.15) is 11.8 Å². The summed E-state index contributed by atoms with van der Waals surface area (Å²) in [6, 6.07) is 6.19. The van der Waals surface area contributed by atoms with E-state index in [0.717, 1.165) is 21.7 Å². The number of anilines is 1. The zero-order valence-electron chi connectivity index (χ0n) is 9.87. The van der Waals surface area contributed by atoms with Crippen molar-refractivity contribution < 1.29 is 0 Å².